The third-order valence-corrected chi connectivity index (χ3v) is 5.19. The molecule has 0 saturated heterocycles. The minimum absolute atomic E-state index is 0.128. The van der Waals surface area contributed by atoms with Gasteiger partial charge in [-0.25, -0.2) is 9.97 Å². The topological polar surface area (TPSA) is 110 Å². The summed E-state index contributed by atoms with van der Waals surface area (Å²) in [6.45, 7) is 7.98. The summed E-state index contributed by atoms with van der Waals surface area (Å²) in [6, 6.07) is 5.64. The van der Waals surface area contributed by atoms with Crippen LogP contribution < -0.4 is 11.1 Å². The Balaban J connectivity index is 2.09. The fourth-order valence-electron chi connectivity index (χ4n) is 2.66. The van der Waals surface area contributed by atoms with E-state index in [-0.39, 0.29) is 24.8 Å². The van der Waals surface area contributed by atoms with Crippen molar-refractivity contribution in [2.45, 2.75) is 26.8 Å². The molecule has 2 aromatic heterocycles. The summed E-state index contributed by atoms with van der Waals surface area (Å²) in [6.07, 6.45) is 7.00. The van der Waals surface area contributed by atoms with E-state index < -0.39 is 0 Å². The van der Waals surface area contributed by atoms with Gasteiger partial charge in [-0.2, -0.15) is 0 Å². The van der Waals surface area contributed by atoms with Gasteiger partial charge < -0.3 is 20.7 Å². The maximum absolute atomic E-state index is 11.9. The number of hydrogen-bond acceptors (Lipinski definition) is 8. The number of allylic oxidation sites excluding steroid dienone is 3. The van der Waals surface area contributed by atoms with Crippen LogP contribution in [0, 0.1) is 0 Å². The highest BCUT2D eigenvalue weighted by Crippen LogP contribution is 2.26. The van der Waals surface area contributed by atoms with Gasteiger partial charge in [-0.3, -0.25) is 9.59 Å². The van der Waals surface area contributed by atoms with E-state index in [2.05, 4.69) is 26.6 Å². The van der Waals surface area contributed by atoms with E-state index in [0.717, 1.165) is 21.2 Å². The number of carbonyl (C=O) groups is 2. The minimum atomic E-state index is -0.356. The van der Waals surface area contributed by atoms with Crippen molar-refractivity contribution < 1.29 is 14.3 Å². The van der Waals surface area contributed by atoms with Crippen molar-refractivity contribution in [3.63, 3.8) is 0 Å². The third-order valence-electron chi connectivity index (χ3n) is 4.19. The van der Waals surface area contributed by atoms with Gasteiger partial charge in [0.25, 0.3) is 0 Å². The number of carbonyl (C=O) groups excluding carboxylic acids is 2. The second kappa shape index (κ2) is 11.7. The lowest BCUT2D eigenvalue weighted by molar-refractivity contribution is -0.141. The third kappa shape index (κ3) is 7.71. The summed E-state index contributed by atoms with van der Waals surface area (Å²) in [5.74, 6) is 0.170. The largest absolute Gasteiger partial charge is 0.469 e. The zero-order valence-electron chi connectivity index (χ0n) is 17.9. The number of hydrogen-bond donors (Lipinski definition) is 2. The van der Waals surface area contributed by atoms with E-state index in [9.17, 15) is 9.59 Å². The summed E-state index contributed by atoms with van der Waals surface area (Å²) in [4.78, 5) is 34.7. The standard InChI is InChI=1S/C22H27N5O3S/c1-15(8-10-23)12-16(2)25-20-7-5-6-18(26-20)19-13-24-21(31-19)14-27(17(3)28)11-9-22(29)30-4/h5-8,10,12-13H,2,9,11,14,23H2,1,3-4H3,(H,25,26)/b10-8-,15-12-. The summed E-state index contributed by atoms with van der Waals surface area (Å²) < 4.78 is 4.64. The van der Waals surface area contributed by atoms with Crippen molar-refractivity contribution >= 4 is 29.0 Å². The zero-order chi connectivity index (χ0) is 22.8. The van der Waals surface area contributed by atoms with Crippen molar-refractivity contribution in [3.8, 4) is 10.6 Å². The molecule has 0 aliphatic carbocycles. The van der Waals surface area contributed by atoms with Gasteiger partial charge in [0, 0.05) is 25.4 Å². The molecule has 9 heteroatoms. The van der Waals surface area contributed by atoms with Crippen LogP contribution in [-0.4, -0.2) is 40.4 Å². The molecular formula is C22H27N5O3S. The van der Waals surface area contributed by atoms with Crippen LogP contribution in [0.15, 0.2) is 60.6 Å². The molecule has 31 heavy (non-hydrogen) atoms. The van der Waals surface area contributed by atoms with Crippen molar-refractivity contribution in [1.82, 2.24) is 14.9 Å². The molecule has 0 radical (unpaired) electrons. The normalized spacial score (nSPS) is 11.4. The molecule has 2 rings (SSSR count). The Morgan fingerprint density at radius 2 is 2.13 bits per heavy atom. The maximum Gasteiger partial charge on any atom is 0.307 e. The highest BCUT2D eigenvalue weighted by Gasteiger charge is 2.15. The highest BCUT2D eigenvalue weighted by atomic mass is 32.1. The second-order valence-corrected chi connectivity index (χ2v) is 7.81. The molecule has 2 heterocycles. The monoisotopic (exact) mass is 441 g/mol. The van der Waals surface area contributed by atoms with Gasteiger partial charge in [0.05, 0.1) is 30.6 Å². The van der Waals surface area contributed by atoms with Crippen LogP contribution in [0.5, 0.6) is 0 Å². The Labute approximate surface area is 186 Å². The lowest BCUT2D eigenvalue weighted by atomic mass is 10.2. The van der Waals surface area contributed by atoms with E-state index in [1.165, 1.54) is 31.6 Å². The number of nitrogens with one attached hydrogen (secondary N) is 1. The number of aromatic nitrogens is 2. The summed E-state index contributed by atoms with van der Waals surface area (Å²) >= 11 is 1.45. The van der Waals surface area contributed by atoms with Gasteiger partial charge in [-0.1, -0.05) is 12.6 Å². The molecule has 3 N–H and O–H groups in total. The fourth-order valence-corrected chi connectivity index (χ4v) is 3.56. The van der Waals surface area contributed by atoms with Gasteiger partial charge in [-0.15, -0.1) is 11.3 Å². The van der Waals surface area contributed by atoms with Crippen LogP contribution >= 0.6 is 11.3 Å². The molecule has 0 unspecified atom stereocenters. The first-order chi connectivity index (χ1) is 14.8. The van der Waals surface area contributed by atoms with Crippen molar-refractivity contribution in [1.29, 1.82) is 0 Å². The highest BCUT2D eigenvalue weighted by molar-refractivity contribution is 7.15. The van der Waals surface area contributed by atoms with Crippen LogP contribution in [0.2, 0.25) is 0 Å². The molecule has 0 fully saturated rings. The predicted molar refractivity (Wildman–Crippen MR) is 123 cm³/mol. The number of amides is 1. The maximum atomic E-state index is 11.9. The van der Waals surface area contributed by atoms with E-state index in [1.54, 1.807) is 17.2 Å². The van der Waals surface area contributed by atoms with Gasteiger partial charge in [-0.05, 0) is 43.0 Å². The fraction of sp³-hybridized carbons (Fsp3) is 0.273. The van der Waals surface area contributed by atoms with Crippen LogP contribution in [0.4, 0.5) is 5.82 Å². The van der Waals surface area contributed by atoms with Crippen LogP contribution in [0.1, 0.15) is 25.3 Å². The smallest absolute Gasteiger partial charge is 0.307 e. The number of nitrogens with two attached hydrogens (primary N) is 1. The molecule has 0 aromatic carbocycles. The zero-order valence-corrected chi connectivity index (χ0v) is 18.7. The first kappa shape index (κ1) is 23.8. The Bertz CT molecular complexity index is 997. The first-order valence-electron chi connectivity index (χ1n) is 9.59. The lowest BCUT2D eigenvalue weighted by Gasteiger charge is -2.18. The number of anilines is 1. The van der Waals surface area contributed by atoms with Crippen LogP contribution in [0.3, 0.4) is 0 Å². The molecule has 8 nitrogen and oxygen atoms in total. The number of rotatable bonds is 10. The van der Waals surface area contributed by atoms with Crippen LogP contribution in [0.25, 0.3) is 10.6 Å². The summed E-state index contributed by atoms with van der Waals surface area (Å²) in [5, 5.41) is 3.92. The minimum Gasteiger partial charge on any atom is -0.469 e. The molecule has 2 aromatic rings. The number of nitrogens with zero attached hydrogens (tertiary/aromatic N) is 3. The van der Waals surface area contributed by atoms with Gasteiger partial charge in [0.15, 0.2) is 0 Å². The first-order valence-corrected chi connectivity index (χ1v) is 10.4. The summed E-state index contributed by atoms with van der Waals surface area (Å²) in [7, 11) is 1.33. The SMILES string of the molecule is C=C(/C=C(C)\C=C/N)Nc1cccc(-c2cnc(CN(CCC(=O)OC)C(C)=O)s2)n1. The number of methoxy groups -OCH3 is 1. The molecule has 0 bridgehead atoms. The Morgan fingerprint density at radius 1 is 1.35 bits per heavy atom. The van der Waals surface area contributed by atoms with E-state index in [4.69, 9.17) is 5.73 Å². The Hall–Kier alpha value is -3.46. The molecule has 0 aliphatic heterocycles. The number of thiazole rings is 1. The molecule has 164 valence electrons. The summed E-state index contributed by atoms with van der Waals surface area (Å²) in [5.41, 5.74) is 7.80. The predicted octanol–water partition coefficient (Wildman–Crippen LogP) is 3.46. The Kier molecular flexibility index (Phi) is 8.95. The number of pyridine rings is 1. The molecular weight excluding hydrogens is 414 g/mol. The Morgan fingerprint density at radius 3 is 2.81 bits per heavy atom. The van der Waals surface area contributed by atoms with Gasteiger partial charge in [0.1, 0.15) is 10.8 Å². The second-order valence-electron chi connectivity index (χ2n) is 6.69. The van der Waals surface area contributed by atoms with Gasteiger partial charge in [0.2, 0.25) is 5.91 Å². The van der Waals surface area contributed by atoms with Crippen molar-refractivity contribution in [3.05, 3.63) is 65.6 Å². The number of ether oxygens (including phenoxy) is 1. The lowest BCUT2D eigenvalue weighted by Crippen LogP contribution is -2.30. The molecule has 1 amide bonds. The molecule has 0 saturated carbocycles. The van der Waals surface area contributed by atoms with E-state index in [0.29, 0.717) is 18.1 Å². The van der Waals surface area contributed by atoms with E-state index >= 15 is 0 Å². The average molecular weight is 442 g/mol. The van der Waals surface area contributed by atoms with Crippen molar-refractivity contribution in [2.75, 3.05) is 19.0 Å². The van der Waals surface area contributed by atoms with Crippen molar-refractivity contribution in [2.24, 2.45) is 5.73 Å². The molecule has 0 aliphatic rings. The van der Waals surface area contributed by atoms with Gasteiger partial charge >= 0.3 is 5.97 Å². The van der Waals surface area contributed by atoms with Crippen LogP contribution in [-0.2, 0) is 20.9 Å². The van der Waals surface area contributed by atoms with E-state index in [1.807, 2.05) is 31.2 Å². The number of esters is 1. The molecule has 0 atom stereocenters. The quantitative estimate of drug-likeness (QED) is 0.429. The molecule has 0 spiro atoms. The average Bonchev–Trinajstić information content (AvgIpc) is 3.19.